The highest BCUT2D eigenvalue weighted by Crippen LogP contribution is 2.18. The quantitative estimate of drug-likeness (QED) is 0.0486. The number of carboxylic acid groups (broad SMARTS) is 2. The van der Waals surface area contributed by atoms with E-state index < -0.39 is 11.9 Å². The Balaban J connectivity index is 2.03. The predicted octanol–water partition coefficient (Wildman–Crippen LogP) is 12.8. The molecule has 0 spiro atoms. The van der Waals surface area contributed by atoms with Crippen LogP contribution in [0, 0.1) is 0 Å². The van der Waals surface area contributed by atoms with Crippen LogP contribution in [0.5, 0.6) is 0 Å². The fourth-order valence-electron chi connectivity index (χ4n) is 6.26. The topological polar surface area (TPSA) is 94.8 Å². The van der Waals surface area contributed by atoms with Gasteiger partial charge in [-0.05, 0) is 119 Å². The SMILES string of the molecule is O=C(O)CCCCCCC/C=C\C/C=C\CCCCCCc1cc(CO)cc(CCCCCC/C=C\C/C=C\CCCCCCCC(=O)O)c1. The van der Waals surface area contributed by atoms with Gasteiger partial charge in [-0.2, -0.15) is 0 Å². The van der Waals surface area contributed by atoms with Crippen LogP contribution in [0.15, 0.2) is 66.8 Å². The molecular weight excluding hydrogens is 620 g/mol. The molecule has 0 amide bonds. The molecule has 1 aromatic rings. The average molecular weight is 693 g/mol. The lowest BCUT2D eigenvalue weighted by Crippen LogP contribution is -1.95. The number of carboxylic acids is 2. The van der Waals surface area contributed by atoms with Crippen molar-refractivity contribution in [1.82, 2.24) is 0 Å². The van der Waals surface area contributed by atoms with Crippen LogP contribution in [0.2, 0.25) is 0 Å². The third kappa shape index (κ3) is 31.1. The number of unbranched alkanes of at least 4 members (excludes halogenated alkanes) is 18. The Morgan fingerprint density at radius 2 is 0.700 bits per heavy atom. The van der Waals surface area contributed by atoms with Crippen molar-refractivity contribution in [3.63, 3.8) is 0 Å². The smallest absolute Gasteiger partial charge is 0.303 e. The van der Waals surface area contributed by atoms with Crippen LogP contribution in [-0.4, -0.2) is 27.3 Å². The molecule has 1 aromatic carbocycles. The summed E-state index contributed by atoms with van der Waals surface area (Å²) in [7, 11) is 0. The first-order valence-electron chi connectivity index (χ1n) is 20.3. The van der Waals surface area contributed by atoms with Crippen LogP contribution in [0.4, 0.5) is 0 Å². The summed E-state index contributed by atoms with van der Waals surface area (Å²) < 4.78 is 0. The van der Waals surface area contributed by atoms with Crippen molar-refractivity contribution in [2.75, 3.05) is 0 Å². The van der Waals surface area contributed by atoms with Crippen LogP contribution < -0.4 is 0 Å². The molecular formula is C45H72O5. The fraction of sp³-hybridized carbons (Fsp3) is 0.644. The molecule has 0 heterocycles. The highest BCUT2D eigenvalue weighted by molar-refractivity contribution is 5.66. The number of carbonyl (C=O) groups is 2. The number of hydrogen-bond donors (Lipinski definition) is 3. The van der Waals surface area contributed by atoms with Gasteiger partial charge in [0.25, 0.3) is 0 Å². The molecule has 0 aliphatic rings. The van der Waals surface area contributed by atoms with Crippen molar-refractivity contribution in [2.24, 2.45) is 0 Å². The molecule has 0 unspecified atom stereocenters. The Labute approximate surface area is 306 Å². The number of allylic oxidation sites excluding steroid dienone is 8. The Kier molecular flexibility index (Phi) is 31.1. The second-order valence-corrected chi connectivity index (χ2v) is 14.0. The zero-order chi connectivity index (χ0) is 36.2. The van der Waals surface area contributed by atoms with E-state index in [2.05, 4.69) is 66.8 Å². The van der Waals surface area contributed by atoms with Gasteiger partial charge in [-0.3, -0.25) is 9.59 Å². The lowest BCUT2D eigenvalue weighted by Gasteiger charge is -2.09. The molecule has 50 heavy (non-hydrogen) atoms. The van der Waals surface area contributed by atoms with Gasteiger partial charge in [-0.25, -0.2) is 0 Å². The van der Waals surface area contributed by atoms with Crippen molar-refractivity contribution in [3.05, 3.63) is 83.5 Å². The molecule has 5 nitrogen and oxygen atoms in total. The maximum atomic E-state index is 10.5. The number of aliphatic hydroxyl groups excluding tert-OH is 1. The summed E-state index contributed by atoms with van der Waals surface area (Å²) in [4.78, 5) is 21.0. The summed E-state index contributed by atoms with van der Waals surface area (Å²) in [6.07, 6.45) is 48.4. The predicted molar refractivity (Wildman–Crippen MR) is 212 cm³/mol. The number of benzene rings is 1. The first-order chi connectivity index (χ1) is 24.5. The minimum atomic E-state index is -0.682. The maximum Gasteiger partial charge on any atom is 0.303 e. The monoisotopic (exact) mass is 693 g/mol. The molecule has 0 aromatic heterocycles. The second-order valence-electron chi connectivity index (χ2n) is 14.0. The number of rotatable bonds is 35. The Bertz CT molecular complexity index is 1000. The van der Waals surface area contributed by atoms with E-state index >= 15 is 0 Å². The Morgan fingerprint density at radius 3 is 1.04 bits per heavy atom. The molecule has 0 bridgehead atoms. The number of aliphatic hydroxyl groups is 1. The minimum Gasteiger partial charge on any atom is -0.481 e. The van der Waals surface area contributed by atoms with Gasteiger partial charge in [0.1, 0.15) is 0 Å². The summed E-state index contributed by atoms with van der Waals surface area (Å²) in [5.74, 6) is -1.36. The zero-order valence-corrected chi connectivity index (χ0v) is 31.5. The molecule has 0 fully saturated rings. The van der Waals surface area contributed by atoms with Crippen molar-refractivity contribution in [1.29, 1.82) is 0 Å². The van der Waals surface area contributed by atoms with Crippen LogP contribution >= 0.6 is 0 Å². The summed E-state index contributed by atoms with van der Waals surface area (Å²) in [6, 6.07) is 6.76. The van der Waals surface area contributed by atoms with Crippen LogP contribution in [-0.2, 0) is 29.0 Å². The van der Waals surface area contributed by atoms with Gasteiger partial charge in [-0.1, -0.05) is 131 Å². The first-order valence-corrected chi connectivity index (χ1v) is 20.3. The van der Waals surface area contributed by atoms with E-state index in [1.807, 2.05) is 0 Å². The lowest BCUT2D eigenvalue weighted by molar-refractivity contribution is -0.138. The van der Waals surface area contributed by atoms with Crippen LogP contribution in [0.3, 0.4) is 0 Å². The average Bonchev–Trinajstić information content (AvgIpc) is 3.10. The van der Waals surface area contributed by atoms with Crippen LogP contribution in [0.1, 0.15) is 184 Å². The molecule has 0 aliphatic carbocycles. The molecule has 0 atom stereocenters. The molecule has 0 aliphatic heterocycles. The van der Waals surface area contributed by atoms with Crippen molar-refractivity contribution in [3.8, 4) is 0 Å². The number of aryl methyl sites for hydroxylation is 2. The number of aliphatic carboxylic acids is 2. The van der Waals surface area contributed by atoms with Crippen molar-refractivity contribution in [2.45, 2.75) is 186 Å². The molecule has 5 heteroatoms. The first kappa shape index (κ1) is 45.1. The van der Waals surface area contributed by atoms with Crippen molar-refractivity contribution >= 4 is 11.9 Å². The van der Waals surface area contributed by atoms with Gasteiger partial charge < -0.3 is 15.3 Å². The van der Waals surface area contributed by atoms with Crippen molar-refractivity contribution < 1.29 is 24.9 Å². The normalized spacial score (nSPS) is 12.0. The third-order valence-corrected chi connectivity index (χ3v) is 9.20. The summed E-state index contributed by atoms with van der Waals surface area (Å²) in [5, 5.41) is 27.1. The van der Waals surface area contributed by atoms with Crippen LogP contribution in [0.25, 0.3) is 0 Å². The standard InChI is InChI=1S/C45H72O5/c46-40-43-38-41(33-29-25-21-17-13-9-5-1-3-7-11-15-19-23-27-31-35-44(47)48)37-42(39-43)34-30-26-22-18-14-10-6-2-4-8-12-16-20-24-28-32-36-45(49)50/h3-10,37-39,46H,1-2,11-36,40H2,(H,47,48)(H,49,50)/b7-3-,8-4-,9-5-,10-6-. The summed E-state index contributed by atoms with van der Waals surface area (Å²) >= 11 is 0. The van der Waals surface area contributed by atoms with Gasteiger partial charge in [0, 0.05) is 12.8 Å². The Hall–Kier alpha value is -2.92. The zero-order valence-electron chi connectivity index (χ0n) is 31.5. The summed E-state index contributed by atoms with van der Waals surface area (Å²) in [6.45, 7) is 0.121. The largest absolute Gasteiger partial charge is 0.481 e. The molecule has 282 valence electrons. The van der Waals surface area contributed by atoms with Gasteiger partial charge in [-0.15, -0.1) is 0 Å². The van der Waals surface area contributed by atoms with E-state index in [1.54, 1.807) is 0 Å². The molecule has 1 rings (SSSR count). The van der Waals surface area contributed by atoms with E-state index in [1.165, 1.54) is 88.2 Å². The van der Waals surface area contributed by atoms with E-state index in [9.17, 15) is 14.7 Å². The lowest BCUT2D eigenvalue weighted by atomic mass is 9.97. The van der Waals surface area contributed by atoms with E-state index in [0.717, 1.165) is 95.5 Å². The molecule has 0 saturated carbocycles. The number of hydrogen-bond acceptors (Lipinski definition) is 3. The fourth-order valence-corrected chi connectivity index (χ4v) is 6.26. The highest BCUT2D eigenvalue weighted by Gasteiger charge is 2.03. The third-order valence-electron chi connectivity index (χ3n) is 9.20. The van der Waals surface area contributed by atoms with Gasteiger partial charge in [0.15, 0.2) is 0 Å². The molecule has 0 saturated heterocycles. The maximum absolute atomic E-state index is 10.5. The van der Waals surface area contributed by atoms with E-state index in [0.29, 0.717) is 12.8 Å². The molecule has 0 radical (unpaired) electrons. The summed E-state index contributed by atoms with van der Waals surface area (Å²) in [5.41, 5.74) is 3.81. The van der Waals surface area contributed by atoms with Gasteiger partial charge in [0.2, 0.25) is 0 Å². The second kappa shape index (κ2) is 34.5. The minimum absolute atomic E-state index is 0.121. The molecule has 3 N–H and O–H groups in total. The van der Waals surface area contributed by atoms with E-state index in [-0.39, 0.29) is 6.61 Å². The Morgan fingerprint density at radius 1 is 0.400 bits per heavy atom. The van der Waals surface area contributed by atoms with Gasteiger partial charge in [0.05, 0.1) is 6.61 Å². The van der Waals surface area contributed by atoms with E-state index in [4.69, 9.17) is 10.2 Å². The van der Waals surface area contributed by atoms with Gasteiger partial charge >= 0.3 is 11.9 Å². The highest BCUT2D eigenvalue weighted by atomic mass is 16.4.